The summed E-state index contributed by atoms with van der Waals surface area (Å²) in [5.74, 6) is 0. The second-order valence-electron chi connectivity index (χ2n) is 5.11. The average molecular weight is 298 g/mol. The average Bonchev–Trinajstić information content (AvgIpc) is 2.91. The van der Waals surface area contributed by atoms with Gasteiger partial charge in [0.2, 0.25) is 0 Å². The molecule has 1 aromatic carbocycles. The number of aromatic nitrogens is 1. The van der Waals surface area contributed by atoms with Gasteiger partial charge >= 0.3 is 0 Å². The molecule has 0 unspecified atom stereocenters. The first kappa shape index (κ1) is 14.0. The van der Waals surface area contributed by atoms with Crippen molar-refractivity contribution in [2.45, 2.75) is 20.0 Å². The largest absolute Gasteiger partial charge is 0.314 e. The van der Waals surface area contributed by atoms with E-state index in [0.717, 1.165) is 23.9 Å². The highest BCUT2D eigenvalue weighted by Crippen LogP contribution is 2.14. The molecule has 2 aromatic heterocycles. The van der Waals surface area contributed by atoms with Gasteiger partial charge in [0.05, 0.1) is 0 Å². The molecule has 1 N–H and O–H groups in total. The summed E-state index contributed by atoms with van der Waals surface area (Å²) in [6.07, 6.45) is 1.88. The van der Waals surface area contributed by atoms with E-state index in [1.54, 1.807) is 15.9 Å². The standard InChI is InChI=1S/C17H18N2OS/c1-13-7-11-21-16(13)12-18-8-10-19-9-6-14-4-2-3-5-15(14)17(19)20/h2-7,9,11,18H,8,10,12H2,1H3. The number of rotatable bonds is 5. The molecule has 0 spiro atoms. The van der Waals surface area contributed by atoms with Crippen LogP contribution < -0.4 is 10.9 Å². The van der Waals surface area contributed by atoms with Crippen molar-refractivity contribution in [2.75, 3.05) is 6.54 Å². The summed E-state index contributed by atoms with van der Waals surface area (Å²) in [6, 6.07) is 11.9. The molecule has 0 amide bonds. The number of nitrogens with zero attached hydrogens (tertiary/aromatic N) is 1. The third-order valence-electron chi connectivity index (χ3n) is 3.67. The van der Waals surface area contributed by atoms with Gasteiger partial charge in [0.1, 0.15) is 0 Å². The summed E-state index contributed by atoms with van der Waals surface area (Å²) in [5.41, 5.74) is 1.41. The molecule has 21 heavy (non-hydrogen) atoms. The number of hydrogen-bond acceptors (Lipinski definition) is 3. The van der Waals surface area contributed by atoms with E-state index in [1.165, 1.54) is 10.4 Å². The minimum Gasteiger partial charge on any atom is -0.314 e. The van der Waals surface area contributed by atoms with Gasteiger partial charge in [-0.2, -0.15) is 0 Å². The van der Waals surface area contributed by atoms with Crippen LogP contribution in [0.5, 0.6) is 0 Å². The summed E-state index contributed by atoms with van der Waals surface area (Å²) >= 11 is 1.77. The second kappa shape index (κ2) is 6.24. The fourth-order valence-corrected chi connectivity index (χ4v) is 3.27. The number of benzene rings is 1. The quantitative estimate of drug-likeness (QED) is 0.734. The molecule has 0 bridgehead atoms. The van der Waals surface area contributed by atoms with Crippen LogP contribution in [0.3, 0.4) is 0 Å². The lowest BCUT2D eigenvalue weighted by molar-refractivity contribution is 0.590. The first-order chi connectivity index (χ1) is 10.3. The predicted molar refractivity (Wildman–Crippen MR) is 89.0 cm³/mol. The molecule has 2 heterocycles. The van der Waals surface area contributed by atoms with Gasteiger partial charge in [-0.15, -0.1) is 11.3 Å². The molecule has 3 nitrogen and oxygen atoms in total. The predicted octanol–water partition coefficient (Wildman–Crippen LogP) is 3.16. The van der Waals surface area contributed by atoms with Gasteiger partial charge < -0.3 is 9.88 Å². The first-order valence-electron chi connectivity index (χ1n) is 7.07. The van der Waals surface area contributed by atoms with Gasteiger partial charge in [-0.1, -0.05) is 18.2 Å². The zero-order chi connectivity index (χ0) is 14.7. The molecule has 0 radical (unpaired) electrons. The molecular weight excluding hydrogens is 280 g/mol. The lowest BCUT2D eigenvalue weighted by atomic mass is 10.2. The van der Waals surface area contributed by atoms with E-state index in [2.05, 4.69) is 23.7 Å². The minimum atomic E-state index is 0.0854. The highest BCUT2D eigenvalue weighted by atomic mass is 32.1. The van der Waals surface area contributed by atoms with E-state index < -0.39 is 0 Å². The van der Waals surface area contributed by atoms with Gasteiger partial charge in [0, 0.05) is 36.1 Å². The van der Waals surface area contributed by atoms with Crippen LogP contribution in [0.1, 0.15) is 10.4 Å². The van der Waals surface area contributed by atoms with Crippen molar-refractivity contribution in [3.63, 3.8) is 0 Å². The molecule has 0 aliphatic carbocycles. The lowest BCUT2D eigenvalue weighted by Crippen LogP contribution is -2.26. The number of nitrogens with one attached hydrogen (secondary N) is 1. The summed E-state index contributed by atoms with van der Waals surface area (Å²) in [5, 5.41) is 7.30. The molecule has 0 saturated carbocycles. The van der Waals surface area contributed by atoms with Gasteiger partial charge in [0.25, 0.3) is 5.56 Å². The van der Waals surface area contributed by atoms with Crippen LogP contribution >= 0.6 is 11.3 Å². The Morgan fingerprint density at radius 2 is 2.05 bits per heavy atom. The summed E-state index contributed by atoms with van der Waals surface area (Å²) in [6.45, 7) is 4.47. The van der Waals surface area contributed by atoms with Crippen LogP contribution in [-0.2, 0) is 13.1 Å². The summed E-state index contributed by atoms with van der Waals surface area (Å²) < 4.78 is 1.77. The minimum absolute atomic E-state index is 0.0854. The monoisotopic (exact) mass is 298 g/mol. The molecule has 108 valence electrons. The topological polar surface area (TPSA) is 34.0 Å². The Balaban J connectivity index is 1.64. The fraction of sp³-hybridized carbons (Fsp3) is 0.235. The number of thiophene rings is 1. The third kappa shape index (κ3) is 3.06. The zero-order valence-electron chi connectivity index (χ0n) is 12.0. The van der Waals surface area contributed by atoms with E-state index in [-0.39, 0.29) is 5.56 Å². The van der Waals surface area contributed by atoms with Gasteiger partial charge in [-0.25, -0.2) is 0 Å². The van der Waals surface area contributed by atoms with Crippen molar-refractivity contribution in [3.8, 4) is 0 Å². The number of hydrogen-bond donors (Lipinski definition) is 1. The van der Waals surface area contributed by atoms with Gasteiger partial charge in [-0.05, 0) is 41.5 Å². The molecular formula is C17H18N2OS. The maximum atomic E-state index is 12.3. The second-order valence-corrected chi connectivity index (χ2v) is 6.11. The van der Waals surface area contributed by atoms with Gasteiger partial charge in [0.15, 0.2) is 0 Å². The van der Waals surface area contributed by atoms with E-state index in [4.69, 9.17) is 0 Å². The van der Waals surface area contributed by atoms with Gasteiger partial charge in [-0.3, -0.25) is 4.79 Å². The molecule has 0 atom stereocenters. The fourth-order valence-electron chi connectivity index (χ4n) is 2.39. The van der Waals surface area contributed by atoms with Crippen LogP contribution in [0.4, 0.5) is 0 Å². The molecule has 0 fully saturated rings. The van der Waals surface area contributed by atoms with Crippen LogP contribution in [0, 0.1) is 6.92 Å². The number of fused-ring (bicyclic) bond motifs is 1. The molecule has 0 aliphatic heterocycles. The highest BCUT2D eigenvalue weighted by molar-refractivity contribution is 7.10. The van der Waals surface area contributed by atoms with Crippen LogP contribution in [-0.4, -0.2) is 11.1 Å². The lowest BCUT2D eigenvalue weighted by Gasteiger charge is -2.08. The third-order valence-corrected chi connectivity index (χ3v) is 4.69. The zero-order valence-corrected chi connectivity index (χ0v) is 12.8. The molecule has 3 aromatic rings. The maximum Gasteiger partial charge on any atom is 0.258 e. The van der Waals surface area contributed by atoms with E-state index >= 15 is 0 Å². The van der Waals surface area contributed by atoms with E-state index in [1.807, 2.05) is 36.5 Å². The van der Waals surface area contributed by atoms with Crippen molar-refractivity contribution < 1.29 is 0 Å². The van der Waals surface area contributed by atoms with Crippen molar-refractivity contribution >= 4 is 22.1 Å². The van der Waals surface area contributed by atoms with Crippen molar-refractivity contribution in [2.24, 2.45) is 0 Å². The molecule has 0 saturated heterocycles. The maximum absolute atomic E-state index is 12.3. The number of pyridine rings is 1. The normalized spacial score (nSPS) is 11.1. The Labute approximate surface area is 127 Å². The Bertz CT molecular complexity index is 804. The molecule has 3 rings (SSSR count). The Hall–Kier alpha value is -1.91. The highest BCUT2D eigenvalue weighted by Gasteiger charge is 2.02. The van der Waals surface area contributed by atoms with E-state index in [9.17, 15) is 4.79 Å². The first-order valence-corrected chi connectivity index (χ1v) is 7.95. The van der Waals surface area contributed by atoms with Crippen LogP contribution in [0.15, 0.2) is 52.8 Å². The smallest absolute Gasteiger partial charge is 0.258 e. The Kier molecular flexibility index (Phi) is 4.18. The van der Waals surface area contributed by atoms with Crippen molar-refractivity contribution in [3.05, 3.63) is 68.8 Å². The summed E-state index contributed by atoms with van der Waals surface area (Å²) in [7, 11) is 0. The van der Waals surface area contributed by atoms with Crippen LogP contribution in [0.2, 0.25) is 0 Å². The Morgan fingerprint density at radius 1 is 1.19 bits per heavy atom. The van der Waals surface area contributed by atoms with Crippen LogP contribution in [0.25, 0.3) is 10.8 Å². The molecule has 4 heteroatoms. The van der Waals surface area contributed by atoms with Crippen molar-refractivity contribution in [1.29, 1.82) is 0 Å². The summed E-state index contributed by atoms with van der Waals surface area (Å²) in [4.78, 5) is 13.7. The SMILES string of the molecule is Cc1ccsc1CNCCn1ccc2ccccc2c1=O. The molecule has 0 aliphatic rings. The van der Waals surface area contributed by atoms with Crippen molar-refractivity contribution in [1.82, 2.24) is 9.88 Å². The Morgan fingerprint density at radius 3 is 2.86 bits per heavy atom. The van der Waals surface area contributed by atoms with E-state index in [0.29, 0.717) is 6.54 Å². The number of aryl methyl sites for hydroxylation is 1.